The Balaban J connectivity index is 1.93. The zero-order chi connectivity index (χ0) is 12.0. The van der Waals surface area contributed by atoms with E-state index in [1.165, 1.54) is 0 Å². The van der Waals surface area contributed by atoms with Crippen LogP contribution in [0.2, 0.25) is 0 Å². The third-order valence-electron chi connectivity index (χ3n) is 3.91. The highest BCUT2D eigenvalue weighted by Crippen LogP contribution is 2.51. The number of aliphatic hydroxyl groups is 1. The smallest absolute Gasteiger partial charge is 0.129 e. The Kier molecular flexibility index (Phi) is 2.33. The molecule has 0 bridgehead atoms. The molecule has 1 heterocycles. The summed E-state index contributed by atoms with van der Waals surface area (Å²) in [7, 11) is 1.64. The molecule has 0 amide bonds. The summed E-state index contributed by atoms with van der Waals surface area (Å²) < 4.78 is 11.3. The fourth-order valence-corrected chi connectivity index (χ4v) is 3.20. The SMILES string of the molecule is COc1ccc2c(c1)OC1(CC(C)C1)CC2O. The molecule has 1 aliphatic heterocycles. The Morgan fingerprint density at radius 2 is 2.12 bits per heavy atom. The molecule has 1 spiro atoms. The molecular formula is C14H18O3. The summed E-state index contributed by atoms with van der Waals surface area (Å²) in [4.78, 5) is 0. The van der Waals surface area contributed by atoms with E-state index >= 15 is 0 Å². The molecule has 0 aromatic heterocycles. The second kappa shape index (κ2) is 3.64. The highest BCUT2D eigenvalue weighted by atomic mass is 16.5. The summed E-state index contributed by atoms with van der Waals surface area (Å²) in [6.07, 6.45) is 2.40. The lowest BCUT2D eigenvalue weighted by Crippen LogP contribution is -2.51. The monoisotopic (exact) mass is 234 g/mol. The molecule has 1 fully saturated rings. The van der Waals surface area contributed by atoms with Crippen LogP contribution in [0, 0.1) is 5.92 Å². The van der Waals surface area contributed by atoms with Gasteiger partial charge in [0.25, 0.3) is 0 Å². The molecule has 17 heavy (non-hydrogen) atoms. The highest BCUT2D eigenvalue weighted by molar-refractivity contribution is 5.44. The second-order valence-electron chi connectivity index (χ2n) is 5.42. The van der Waals surface area contributed by atoms with E-state index in [-0.39, 0.29) is 5.60 Å². The zero-order valence-corrected chi connectivity index (χ0v) is 10.3. The molecule has 3 heteroatoms. The van der Waals surface area contributed by atoms with Gasteiger partial charge in [0.15, 0.2) is 0 Å². The van der Waals surface area contributed by atoms with E-state index in [1.54, 1.807) is 7.11 Å². The maximum Gasteiger partial charge on any atom is 0.129 e. The first-order valence-corrected chi connectivity index (χ1v) is 6.17. The third kappa shape index (κ3) is 1.69. The number of fused-ring (bicyclic) bond motifs is 1. The van der Waals surface area contributed by atoms with Crippen LogP contribution in [0.4, 0.5) is 0 Å². The quantitative estimate of drug-likeness (QED) is 0.812. The van der Waals surface area contributed by atoms with Gasteiger partial charge in [-0.2, -0.15) is 0 Å². The molecule has 1 atom stereocenters. The van der Waals surface area contributed by atoms with Gasteiger partial charge in [-0.15, -0.1) is 0 Å². The molecule has 1 N–H and O–H groups in total. The van der Waals surface area contributed by atoms with Gasteiger partial charge in [-0.25, -0.2) is 0 Å². The maximum atomic E-state index is 10.2. The fraction of sp³-hybridized carbons (Fsp3) is 0.571. The van der Waals surface area contributed by atoms with E-state index in [9.17, 15) is 5.11 Å². The van der Waals surface area contributed by atoms with Crippen LogP contribution in [0.15, 0.2) is 18.2 Å². The molecule has 3 rings (SSSR count). The Morgan fingerprint density at radius 3 is 2.76 bits per heavy atom. The lowest BCUT2D eigenvalue weighted by atomic mass is 9.67. The molecule has 0 saturated heterocycles. The highest BCUT2D eigenvalue weighted by Gasteiger charge is 2.48. The van der Waals surface area contributed by atoms with Crippen molar-refractivity contribution in [2.45, 2.75) is 37.9 Å². The maximum absolute atomic E-state index is 10.2. The van der Waals surface area contributed by atoms with Crippen LogP contribution >= 0.6 is 0 Å². The molecule has 1 aromatic rings. The summed E-state index contributed by atoms with van der Waals surface area (Å²) in [5, 5.41) is 10.2. The Bertz CT molecular complexity index is 435. The van der Waals surface area contributed by atoms with Crippen molar-refractivity contribution in [3.63, 3.8) is 0 Å². The topological polar surface area (TPSA) is 38.7 Å². The zero-order valence-electron chi connectivity index (χ0n) is 10.3. The lowest BCUT2D eigenvalue weighted by molar-refractivity contribution is -0.0926. The van der Waals surface area contributed by atoms with E-state index in [0.29, 0.717) is 5.92 Å². The number of aliphatic hydroxyl groups excluding tert-OH is 1. The molecule has 3 nitrogen and oxygen atoms in total. The van der Waals surface area contributed by atoms with Crippen LogP contribution in [0.3, 0.4) is 0 Å². The van der Waals surface area contributed by atoms with Crippen molar-refractivity contribution in [3.8, 4) is 11.5 Å². The van der Waals surface area contributed by atoms with Crippen molar-refractivity contribution in [2.24, 2.45) is 5.92 Å². The molecule has 1 saturated carbocycles. The van der Waals surface area contributed by atoms with Gasteiger partial charge in [-0.05, 0) is 30.9 Å². The van der Waals surface area contributed by atoms with E-state index in [1.807, 2.05) is 18.2 Å². The molecular weight excluding hydrogens is 216 g/mol. The number of methoxy groups -OCH3 is 1. The molecule has 92 valence electrons. The van der Waals surface area contributed by atoms with Crippen molar-refractivity contribution in [1.82, 2.24) is 0 Å². The van der Waals surface area contributed by atoms with Gasteiger partial charge in [0.1, 0.15) is 17.1 Å². The standard InChI is InChI=1S/C14H18O3/c1-9-6-14(7-9)8-12(15)11-4-3-10(16-2)5-13(11)17-14/h3-5,9,12,15H,6-8H2,1-2H3. The van der Waals surface area contributed by atoms with Crippen LogP contribution in [-0.4, -0.2) is 17.8 Å². The van der Waals surface area contributed by atoms with Crippen molar-refractivity contribution >= 4 is 0 Å². The minimum Gasteiger partial charge on any atom is -0.497 e. The number of ether oxygens (including phenoxy) is 2. The number of benzene rings is 1. The van der Waals surface area contributed by atoms with Gasteiger partial charge in [0.05, 0.1) is 13.2 Å². The second-order valence-corrected chi connectivity index (χ2v) is 5.42. The number of hydrogen-bond acceptors (Lipinski definition) is 3. The Morgan fingerprint density at radius 1 is 1.35 bits per heavy atom. The molecule has 0 radical (unpaired) electrons. The minimum atomic E-state index is -0.405. The predicted octanol–water partition coefficient (Wildman–Crippen LogP) is 2.68. The van der Waals surface area contributed by atoms with E-state index in [4.69, 9.17) is 9.47 Å². The van der Waals surface area contributed by atoms with E-state index < -0.39 is 6.10 Å². The van der Waals surface area contributed by atoms with E-state index in [2.05, 4.69) is 6.92 Å². The minimum absolute atomic E-state index is 0.127. The third-order valence-corrected chi connectivity index (χ3v) is 3.91. The van der Waals surface area contributed by atoms with Crippen LogP contribution in [0.5, 0.6) is 11.5 Å². The van der Waals surface area contributed by atoms with Gasteiger partial charge in [-0.3, -0.25) is 0 Å². The van der Waals surface area contributed by atoms with Gasteiger partial charge in [0.2, 0.25) is 0 Å². The predicted molar refractivity (Wildman–Crippen MR) is 64.3 cm³/mol. The molecule has 1 aromatic carbocycles. The molecule has 2 aliphatic rings. The van der Waals surface area contributed by atoms with E-state index in [0.717, 1.165) is 36.3 Å². The van der Waals surface area contributed by atoms with Crippen molar-refractivity contribution in [2.75, 3.05) is 7.11 Å². The first-order chi connectivity index (χ1) is 8.12. The summed E-state index contributed by atoms with van der Waals surface area (Å²) in [5.41, 5.74) is 0.758. The average Bonchev–Trinajstić information content (AvgIpc) is 2.26. The first-order valence-electron chi connectivity index (χ1n) is 6.17. The number of hydrogen-bond donors (Lipinski definition) is 1. The first kappa shape index (κ1) is 10.9. The van der Waals surface area contributed by atoms with Crippen molar-refractivity contribution in [1.29, 1.82) is 0 Å². The normalized spacial score (nSPS) is 34.8. The lowest BCUT2D eigenvalue weighted by Gasteiger charge is -2.50. The van der Waals surface area contributed by atoms with Gasteiger partial charge in [-0.1, -0.05) is 6.92 Å². The summed E-state index contributed by atoms with van der Waals surface area (Å²) in [5.74, 6) is 2.27. The van der Waals surface area contributed by atoms with Gasteiger partial charge in [0, 0.05) is 18.1 Å². The van der Waals surface area contributed by atoms with Crippen LogP contribution < -0.4 is 9.47 Å². The molecule has 1 unspecified atom stereocenters. The van der Waals surface area contributed by atoms with Crippen LogP contribution in [0.25, 0.3) is 0 Å². The average molecular weight is 234 g/mol. The van der Waals surface area contributed by atoms with Crippen molar-refractivity contribution < 1.29 is 14.6 Å². The number of rotatable bonds is 1. The van der Waals surface area contributed by atoms with Crippen LogP contribution in [0.1, 0.15) is 37.9 Å². The summed E-state index contributed by atoms with van der Waals surface area (Å²) in [6, 6.07) is 5.64. The van der Waals surface area contributed by atoms with Gasteiger partial charge >= 0.3 is 0 Å². The van der Waals surface area contributed by atoms with Crippen LogP contribution in [-0.2, 0) is 0 Å². The summed E-state index contributed by atoms with van der Waals surface area (Å²) >= 11 is 0. The Labute approximate surface area is 101 Å². The Hall–Kier alpha value is -1.22. The van der Waals surface area contributed by atoms with Crippen molar-refractivity contribution in [3.05, 3.63) is 23.8 Å². The van der Waals surface area contributed by atoms with Gasteiger partial charge < -0.3 is 14.6 Å². The largest absolute Gasteiger partial charge is 0.497 e. The fourth-order valence-electron chi connectivity index (χ4n) is 3.20. The summed E-state index contributed by atoms with van der Waals surface area (Å²) in [6.45, 7) is 2.22. The molecule has 1 aliphatic carbocycles.